The van der Waals surface area contributed by atoms with Gasteiger partial charge in [-0.15, -0.1) is 11.8 Å². The smallest absolute Gasteiger partial charge is 0.246 e. The Morgan fingerprint density at radius 2 is 1.44 bits per heavy atom. The van der Waals surface area contributed by atoms with Crippen LogP contribution >= 0.6 is 11.8 Å². The lowest BCUT2D eigenvalue weighted by molar-refractivity contribution is -0.132. The lowest BCUT2D eigenvalue weighted by atomic mass is 10.0. The highest BCUT2D eigenvalue weighted by Crippen LogP contribution is 2.23. The van der Waals surface area contributed by atoms with Crippen LogP contribution in [0.5, 0.6) is 5.75 Å². The number of aliphatic imine (C=N–C) groups is 1. The molecule has 3 aromatic rings. The first kappa shape index (κ1) is 35.5. The van der Waals surface area contributed by atoms with Crippen molar-refractivity contribution in [3.63, 3.8) is 0 Å². The van der Waals surface area contributed by atoms with Gasteiger partial charge in [-0.25, -0.2) is 0 Å². The normalized spacial score (nSPS) is 22.3. The molecule has 2 aliphatic rings. The second-order valence-corrected chi connectivity index (χ2v) is 12.7. The zero-order valence-corrected chi connectivity index (χ0v) is 27.6. The molecule has 0 spiro atoms. The Morgan fingerprint density at radius 1 is 0.760 bits per heavy atom. The molecule has 1 aromatic heterocycles. The highest BCUT2D eigenvalue weighted by atomic mass is 32.2. The Kier molecular flexibility index (Phi) is 11.8. The van der Waals surface area contributed by atoms with Crippen molar-refractivity contribution in [2.24, 2.45) is 10.7 Å². The summed E-state index contributed by atoms with van der Waals surface area (Å²) >= 11 is 1.29. The van der Waals surface area contributed by atoms with Crippen LogP contribution < -0.4 is 32.3 Å². The van der Waals surface area contributed by atoms with Gasteiger partial charge in [-0.3, -0.25) is 38.7 Å². The van der Waals surface area contributed by atoms with E-state index in [0.717, 1.165) is 5.56 Å². The molecular formula is C34H36N8O7S. The number of nitrogens with zero attached hydrogens (tertiary/aromatic N) is 2. The van der Waals surface area contributed by atoms with Crippen molar-refractivity contribution in [2.75, 3.05) is 18.8 Å². The van der Waals surface area contributed by atoms with Crippen LogP contribution in [0.15, 0.2) is 77.8 Å². The quantitative estimate of drug-likeness (QED) is 0.170. The van der Waals surface area contributed by atoms with Gasteiger partial charge in [0.2, 0.25) is 35.4 Å². The van der Waals surface area contributed by atoms with Crippen LogP contribution in [0.4, 0.5) is 0 Å². The van der Waals surface area contributed by atoms with Crippen molar-refractivity contribution >= 4 is 52.2 Å². The number of aromatic hydroxyl groups is 1. The number of rotatable bonds is 5. The van der Waals surface area contributed by atoms with Crippen LogP contribution in [0, 0.1) is 0 Å². The molecule has 2 aromatic carbocycles. The van der Waals surface area contributed by atoms with E-state index in [2.05, 4.69) is 36.6 Å². The summed E-state index contributed by atoms with van der Waals surface area (Å²) in [6.45, 7) is -1.03. The minimum Gasteiger partial charge on any atom is -0.508 e. The molecule has 50 heavy (non-hydrogen) atoms. The second-order valence-electron chi connectivity index (χ2n) is 11.7. The molecule has 4 atom stereocenters. The van der Waals surface area contributed by atoms with E-state index in [1.807, 2.05) is 0 Å². The van der Waals surface area contributed by atoms with Crippen LogP contribution in [-0.4, -0.2) is 93.6 Å². The highest BCUT2D eigenvalue weighted by molar-refractivity contribution is 8.14. The number of thioether (sulfide) groups is 1. The Morgan fingerprint density at radius 3 is 2.16 bits per heavy atom. The number of benzene rings is 2. The molecule has 0 saturated carbocycles. The first-order valence-electron chi connectivity index (χ1n) is 15.8. The van der Waals surface area contributed by atoms with E-state index in [9.17, 15) is 33.9 Å². The molecule has 0 saturated heterocycles. The van der Waals surface area contributed by atoms with E-state index < -0.39 is 72.7 Å². The molecule has 16 heteroatoms. The molecule has 0 radical (unpaired) electrons. The molecule has 0 aliphatic carbocycles. The maximum absolute atomic E-state index is 13.5. The van der Waals surface area contributed by atoms with Gasteiger partial charge in [0.1, 0.15) is 35.0 Å². The number of hydrogen-bond acceptors (Lipinski definition) is 10. The number of carbonyl (C=O) groups is 6. The van der Waals surface area contributed by atoms with E-state index in [4.69, 9.17) is 5.73 Å². The minimum absolute atomic E-state index is 0.0326. The largest absolute Gasteiger partial charge is 0.508 e. The number of phenols is 1. The van der Waals surface area contributed by atoms with Crippen molar-refractivity contribution < 1.29 is 33.9 Å². The standard InChI is InChI=1S/C34H36N8O7S/c35-30(46)24-15-21-7-4-8-23(38-21)34-42-27(18-50-34)33(49)41-25(14-20-9-11-22(43)12-10-20)31(47)37-16-28(44)36-17-29(45)39-26(32(48)40-24)13-19-5-2-1-3-6-19/h1-12,24-27,43H,13-18H2,(H2,35,46)(H,36,44)(H,37,47)(H,39,45)(H,40,48)(H,41,49)/t24-,25+,26+,27-/m0/s1. The van der Waals surface area contributed by atoms with Crippen molar-refractivity contribution in [2.45, 2.75) is 43.4 Å². The van der Waals surface area contributed by atoms with E-state index in [1.54, 1.807) is 60.7 Å². The first-order chi connectivity index (χ1) is 24.0. The zero-order valence-electron chi connectivity index (χ0n) is 26.8. The molecule has 6 amide bonds. The third-order valence-corrected chi connectivity index (χ3v) is 8.94. The zero-order chi connectivity index (χ0) is 35.6. The number of nitrogens with one attached hydrogen (secondary N) is 5. The number of primary amides is 1. The summed E-state index contributed by atoms with van der Waals surface area (Å²) in [7, 11) is 0. The van der Waals surface area contributed by atoms with Crippen molar-refractivity contribution in [1.82, 2.24) is 31.6 Å². The van der Waals surface area contributed by atoms with Gasteiger partial charge in [-0.05, 0) is 35.4 Å². The van der Waals surface area contributed by atoms with Crippen LogP contribution in [0.3, 0.4) is 0 Å². The average molecular weight is 701 g/mol. The van der Waals surface area contributed by atoms with Gasteiger partial charge in [0.25, 0.3) is 0 Å². The summed E-state index contributed by atoms with van der Waals surface area (Å²) in [6, 6.07) is 15.8. The molecule has 260 valence electrons. The van der Waals surface area contributed by atoms with E-state index in [0.29, 0.717) is 22.0 Å². The minimum atomic E-state index is -1.18. The maximum Gasteiger partial charge on any atom is 0.246 e. The first-order valence-corrected chi connectivity index (χ1v) is 16.7. The number of amides is 6. The van der Waals surface area contributed by atoms with Crippen molar-refractivity contribution in [3.05, 3.63) is 95.3 Å². The topological polar surface area (TPSA) is 234 Å². The summed E-state index contributed by atoms with van der Waals surface area (Å²) in [6.07, 6.45) is 0.0642. The number of carbonyl (C=O) groups excluding carboxylic acids is 6. The molecule has 4 bridgehead atoms. The summed E-state index contributed by atoms with van der Waals surface area (Å²) in [5, 5.41) is 23.0. The monoisotopic (exact) mass is 700 g/mol. The van der Waals surface area contributed by atoms with Crippen LogP contribution in [0.2, 0.25) is 0 Å². The number of aromatic nitrogens is 1. The number of nitrogens with two attached hydrogens (primary N) is 1. The van der Waals surface area contributed by atoms with Gasteiger partial charge >= 0.3 is 0 Å². The fourth-order valence-corrected chi connectivity index (χ4v) is 6.25. The van der Waals surface area contributed by atoms with Gasteiger partial charge in [0.05, 0.1) is 18.8 Å². The summed E-state index contributed by atoms with van der Waals surface area (Å²) in [5.41, 5.74) is 7.91. The van der Waals surface area contributed by atoms with E-state index in [-0.39, 0.29) is 30.8 Å². The van der Waals surface area contributed by atoms with E-state index in [1.165, 1.54) is 23.9 Å². The van der Waals surface area contributed by atoms with Gasteiger partial charge < -0.3 is 37.4 Å². The third kappa shape index (κ3) is 9.88. The third-order valence-electron chi connectivity index (χ3n) is 7.87. The lowest BCUT2D eigenvalue weighted by Gasteiger charge is -2.22. The number of pyridine rings is 1. The Bertz CT molecular complexity index is 1790. The Hall–Kier alpha value is -5.77. The molecule has 5 rings (SSSR count). The second kappa shape index (κ2) is 16.6. The fourth-order valence-electron chi connectivity index (χ4n) is 5.25. The van der Waals surface area contributed by atoms with Crippen LogP contribution in [0.1, 0.15) is 22.5 Å². The molecule has 2 aliphatic heterocycles. The SMILES string of the molecule is NC(=O)[C@@H]1Cc2cccc(n2)C2=N[C@@H](CS2)C(=O)N[C@H](Cc2ccc(O)cc2)C(=O)NCC(=O)NCC(=O)N[C@H](Cc2ccccc2)C(=O)N1. The van der Waals surface area contributed by atoms with Crippen molar-refractivity contribution in [1.29, 1.82) is 0 Å². The Balaban J connectivity index is 1.42. The highest BCUT2D eigenvalue weighted by Gasteiger charge is 2.31. The van der Waals surface area contributed by atoms with Gasteiger partial charge in [-0.2, -0.15) is 0 Å². The molecule has 0 unspecified atom stereocenters. The summed E-state index contributed by atoms with van der Waals surface area (Å²) < 4.78 is 0. The van der Waals surface area contributed by atoms with Gasteiger partial charge in [0.15, 0.2) is 0 Å². The van der Waals surface area contributed by atoms with Gasteiger partial charge in [-0.1, -0.05) is 48.5 Å². The average Bonchev–Trinajstić information content (AvgIpc) is 3.61. The van der Waals surface area contributed by atoms with Crippen LogP contribution in [-0.2, 0) is 48.0 Å². The van der Waals surface area contributed by atoms with Crippen molar-refractivity contribution in [3.8, 4) is 5.75 Å². The fraction of sp³-hybridized carbons (Fsp3) is 0.294. The number of fused-ring (bicyclic) bond motifs is 4. The number of phenolic OH excluding ortho intramolecular Hbond substituents is 1. The predicted octanol–water partition coefficient (Wildman–Crippen LogP) is -1.14. The maximum atomic E-state index is 13.5. The molecule has 8 N–H and O–H groups in total. The molecule has 3 heterocycles. The van der Waals surface area contributed by atoms with Gasteiger partial charge in [0, 0.05) is 30.7 Å². The summed E-state index contributed by atoms with van der Waals surface area (Å²) in [4.78, 5) is 87.3. The predicted molar refractivity (Wildman–Crippen MR) is 184 cm³/mol. The molecule has 15 nitrogen and oxygen atoms in total. The number of hydrogen-bond donors (Lipinski definition) is 7. The summed E-state index contributed by atoms with van der Waals surface area (Å²) in [5.74, 6) is -3.75. The molecular weight excluding hydrogens is 664 g/mol. The molecule has 0 fully saturated rings. The lowest BCUT2D eigenvalue weighted by Crippen LogP contribution is -2.55. The van der Waals surface area contributed by atoms with E-state index >= 15 is 0 Å². The van der Waals surface area contributed by atoms with Crippen LogP contribution in [0.25, 0.3) is 0 Å². The Labute approximate surface area is 291 Å².